The zero-order valence-corrected chi connectivity index (χ0v) is 29.6. The maximum absolute atomic E-state index is 12.5. The molecule has 3 fully saturated rings. The Bertz CT molecular complexity index is 1750. The summed E-state index contributed by atoms with van der Waals surface area (Å²) >= 11 is 0. The topological polar surface area (TPSA) is 151 Å². The van der Waals surface area contributed by atoms with Crippen molar-refractivity contribution in [2.24, 2.45) is 35.5 Å². The number of benzene rings is 3. The lowest BCUT2D eigenvalue weighted by Gasteiger charge is -2.25. The number of carbonyl (C=O) groups is 3. The second-order valence-electron chi connectivity index (χ2n) is 14.7. The lowest BCUT2D eigenvalue weighted by atomic mass is 9.85. The molecule has 0 amide bonds. The van der Waals surface area contributed by atoms with E-state index in [0.717, 1.165) is 35.2 Å². The molecule has 278 valence electrons. The molecule has 52 heavy (non-hydrogen) atoms. The Morgan fingerprint density at radius 1 is 0.577 bits per heavy atom. The number of hydrogen-bond donors (Lipinski definition) is 6. The summed E-state index contributed by atoms with van der Waals surface area (Å²) in [7, 11) is 0. The first kappa shape index (κ1) is 32.6. The Morgan fingerprint density at radius 2 is 0.923 bits per heavy atom. The Hall–Kier alpha value is -4.09. The largest absolute Gasteiger partial charge is 0.481 e. The van der Waals surface area contributed by atoms with Gasteiger partial charge in [-0.05, 0) is 129 Å². The van der Waals surface area contributed by atoms with Gasteiger partial charge in [-0.3, -0.25) is 19.3 Å². The third-order valence-corrected chi connectivity index (χ3v) is 10.8. The van der Waals surface area contributed by atoms with Crippen LogP contribution in [0.25, 0.3) is 0 Å². The normalized spacial score (nSPS) is 23.7. The first-order valence-electron chi connectivity index (χ1n) is 20.5. The predicted molar refractivity (Wildman–Crippen MR) is 200 cm³/mol. The van der Waals surface area contributed by atoms with Crippen molar-refractivity contribution in [3.05, 3.63) is 106 Å². The number of carboxylic acids is 3. The minimum absolute atomic E-state index is 0.0471. The van der Waals surface area contributed by atoms with Crippen LogP contribution in [0.3, 0.4) is 0 Å². The number of hydrogen-bond acceptors (Lipinski definition) is 7. The second-order valence-corrected chi connectivity index (χ2v) is 14.7. The Kier molecular flexibility index (Phi) is 11.3. The van der Waals surface area contributed by atoms with Gasteiger partial charge >= 0.3 is 17.9 Å². The summed E-state index contributed by atoms with van der Waals surface area (Å²) in [6, 6.07) is 21.9. The summed E-state index contributed by atoms with van der Waals surface area (Å²) in [4.78, 5) is 39.4. The maximum atomic E-state index is 12.5. The van der Waals surface area contributed by atoms with Crippen molar-refractivity contribution >= 4 is 17.9 Å². The van der Waals surface area contributed by atoms with E-state index in [9.17, 15) is 29.7 Å². The van der Waals surface area contributed by atoms with Gasteiger partial charge in [0.2, 0.25) is 0 Å². The lowest BCUT2D eigenvalue weighted by molar-refractivity contribution is -0.144. The van der Waals surface area contributed by atoms with Crippen LogP contribution in [0.4, 0.5) is 0 Å². The highest BCUT2D eigenvalue weighted by Crippen LogP contribution is 2.28. The van der Waals surface area contributed by atoms with Crippen LogP contribution in [-0.2, 0) is 53.2 Å². The summed E-state index contributed by atoms with van der Waals surface area (Å²) in [5, 5.41) is 40.0. The van der Waals surface area contributed by atoms with E-state index < -0.39 is 48.4 Å². The average Bonchev–Trinajstić information content (AvgIpc) is 3.96. The summed E-state index contributed by atoms with van der Waals surface area (Å²) < 4.78 is 36.2. The Balaban J connectivity index is 1.30. The molecule has 3 saturated heterocycles. The van der Waals surface area contributed by atoms with Gasteiger partial charge in [0.05, 0.1) is 17.8 Å². The average molecular weight is 715 g/mol. The zero-order valence-electron chi connectivity index (χ0n) is 33.6. The van der Waals surface area contributed by atoms with Gasteiger partial charge in [-0.1, -0.05) is 72.8 Å². The highest BCUT2D eigenvalue weighted by Gasteiger charge is 2.33. The number of rotatable bonds is 18. The molecule has 0 aromatic heterocycles. The molecule has 0 saturated carbocycles. The molecular weight excluding hydrogens is 656 g/mol. The highest BCUT2D eigenvalue weighted by molar-refractivity contribution is 5.72. The van der Waals surface area contributed by atoms with E-state index >= 15 is 0 Å². The van der Waals surface area contributed by atoms with Gasteiger partial charge in [0.15, 0.2) is 0 Å². The quantitative estimate of drug-likeness (QED) is 0.112. The van der Waals surface area contributed by atoms with Crippen LogP contribution >= 0.6 is 0 Å². The van der Waals surface area contributed by atoms with E-state index in [1.807, 2.05) is 36.4 Å². The molecule has 0 radical (unpaired) electrons. The number of aliphatic carboxylic acids is 3. The van der Waals surface area contributed by atoms with Crippen molar-refractivity contribution in [3.8, 4) is 0 Å². The second kappa shape index (κ2) is 18.1. The monoisotopic (exact) mass is 714 g/mol. The molecule has 10 heteroatoms. The van der Waals surface area contributed by atoms with Crippen LogP contribution < -0.4 is 16.0 Å². The van der Waals surface area contributed by atoms with Gasteiger partial charge < -0.3 is 31.3 Å². The van der Waals surface area contributed by atoms with Crippen LogP contribution in [0.1, 0.15) is 58.1 Å². The molecule has 6 rings (SSSR count). The minimum Gasteiger partial charge on any atom is -0.481 e. The molecule has 3 heterocycles. The first-order valence-corrected chi connectivity index (χ1v) is 18.5. The van der Waals surface area contributed by atoms with Crippen molar-refractivity contribution in [2.75, 3.05) is 39.3 Å². The van der Waals surface area contributed by atoms with Crippen LogP contribution in [0, 0.1) is 35.5 Å². The van der Waals surface area contributed by atoms with Gasteiger partial charge in [-0.25, -0.2) is 0 Å². The standard InChI is InChI=1S/C42H54N4O6/c47-40(48)37(34-10-13-43-22-34)19-28-4-1-7-31(16-28)25-46(26-32-8-2-5-29(17-32)20-38(41(49)50)35-11-14-44-23-35)27-33-9-3-6-30(18-33)21-39(42(51)52)36-12-15-45-24-36/h1-9,16-18,34-39,43-45H,10-15,19-27H2,(H,47,48)(H,49,50)(H,51,52)/i19D2,20D2. The maximum Gasteiger partial charge on any atom is 0.307 e. The fourth-order valence-corrected chi connectivity index (χ4v) is 8.09. The lowest BCUT2D eigenvalue weighted by Crippen LogP contribution is -2.28. The van der Waals surface area contributed by atoms with Gasteiger partial charge in [-0.15, -0.1) is 0 Å². The Labute approximate surface area is 312 Å². The van der Waals surface area contributed by atoms with Crippen molar-refractivity contribution in [1.82, 2.24) is 20.9 Å². The molecule has 3 aromatic carbocycles. The van der Waals surface area contributed by atoms with Crippen molar-refractivity contribution in [3.63, 3.8) is 0 Å². The van der Waals surface area contributed by atoms with Gasteiger partial charge in [0.25, 0.3) is 0 Å². The van der Waals surface area contributed by atoms with Gasteiger partial charge in [-0.2, -0.15) is 0 Å². The molecule has 10 nitrogen and oxygen atoms in total. The SMILES string of the molecule is [2H]C([2H])(c1cccc(CN(Cc2cccc(CC(C(=O)O)C3CCNC3)c2)Cc2cccc(C([2H])([2H])C(C(=O)O)C3CCNC3)c2)c1)C(C(=O)O)C1CCNC1. The van der Waals surface area contributed by atoms with E-state index in [1.165, 1.54) is 0 Å². The highest BCUT2D eigenvalue weighted by atomic mass is 16.4. The van der Waals surface area contributed by atoms with E-state index in [-0.39, 0.29) is 28.9 Å². The van der Waals surface area contributed by atoms with Crippen molar-refractivity contribution < 1.29 is 35.2 Å². The van der Waals surface area contributed by atoms with E-state index in [2.05, 4.69) is 20.9 Å². The fourth-order valence-electron chi connectivity index (χ4n) is 8.09. The molecule has 6 N–H and O–H groups in total. The van der Waals surface area contributed by atoms with Crippen molar-refractivity contribution in [2.45, 2.75) is 58.1 Å². The molecule has 6 unspecified atom stereocenters. The summed E-state index contributed by atoms with van der Waals surface area (Å²) in [6.45, 7) is 4.75. The summed E-state index contributed by atoms with van der Waals surface area (Å²) in [5.74, 6) is -6.77. The molecule has 0 aliphatic carbocycles. The zero-order chi connectivity index (χ0) is 40.0. The predicted octanol–water partition coefficient (Wildman–Crippen LogP) is 4.45. The first-order chi connectivity index (χ1) is 26.7. The molecule has 3 aliphatic rings. The van der Waals surface area contributed by atoms with E-state index in [1.54, 1.807) is 36.4 Å². The molecule has 3 aliphatic heterocycles. The van der Waals surface area contributed by atoms with Gasteiger partial charge in [0, 0.05) is 25.1 Å². The molecular formula is C42H54N4O6. The molecule has 3 aromatic rings. The van der Waals surface area contributed by atoms with Crippen LogP contribution in [0.5, 0.6) is 0 Å². The smallest absolute Gasteiger partial charge is 0.307 e. The van der Waals surface area contributed by atoms with Crippen LogP contribution in [0.2, 0.25) is 0 Å². The third kappa shape index (κ3) is 10.3. The van der Waals surface area contributed by atoms with Crippen LogP contribution in [0.15, 0.2) is 72.8 Å². The number of carboxylic acid groups (broad SMARTS) is 3. The summed E-state index contributed by atoms with van der Waals surface area (Å²) in [5.41, 5.74) is 3.95. The van der Waals surface area contributed by atoms with Crippen LogP contribution in [-0.4, -0.2) is 77.4 Å². The molecule has 6 atom stereocenters. The third-order valence-electron chi connectivity index (χ3n) is 10.8. The van der Waals surface area contributed by atoms with E-state index in [4.69, 9.17) is 5.48 Å². The number of nitrogens with one attached hydrogen (secondary N) is 3. The minimum atomic E-state index is -2.14. The fraction of sp³-hybridized carbons (Fsp3) is 0.500. The van der Waals surface area contributed by atoms with Gasteiger partial charge in [0.1, 0.15) is 0 Å². The molecule has 0 spiro atoms. The Morgan fingerprint density at radius 3 is 1.29 bits per heavy atom. The van der Waals surface area contributed by atoms with E-state index in [0.29, 0.717) is 71.6 Å². The molecule has 0 bridgehead atoms. The van der Waals surface area contributed by atoms with Crippen molar-refractivity contribution in [1.29, 1.82) is 0 Å². The summed E-state index contributed by atoms with van der Waals surface area (Å²) in [6.07, 6.45) is -1.91. The number of nitrogens with zero attached hydrogens (tertiary/aromatic N) is 1.